The van der Waals surface area contributed by atoms with Crippen molar-refractivity contribution in [2.75, 3.05) is 26.8 Å². The van der Waals surface area contributed by atoms with Crippen LogP contribution in [0.1, 0.15) is 28.8 Å². The Morgan fingerprint density at radius 2 is 2.05 bits per heavy atom. The lowest BCUT2D eigenvalue weighted by atomic mass is 10.1. The number of rotatable bonds is 8. The van der Waals surface area contributed by atoms with Gasteiger partial charge in [-0.05, 0) is 25.0 Å². The highest BCUT2D eigenvalue weighted by atomic mass is 32.1. The van der Waals surface area contributed by atoms with Gasteiger partial charge in [-0.15, -0.1) is 0 Å². The number of nitrogens with two attached hydrogens (primary N) is 1. The molecule has 0 atom stereocenters. The van der Waals surface area contributed by atoms with Crippen molar-refractivity contribution in [3.63, 3.8) is 0 Å². The van der Waals surface area contributed by atoms with Gasteiger partial charge in [-0.1, -0.05) is 30.4 Å². The highest BCUT2D eigenvalue weighted by molar-refractivity contribution is 7.80. The molecule has 0 saturated carbocycles. The van der Waals surface area contributed by atoms with Crippen LogP contribution < -0.4 is 5.73 Å². The number of carbonyl (C=O) groups excluding carboxylic acids is 1. The third-order valence-corrected chi connectivity index (χ3v) is 3.27. The zero-order valence-corrected chi connectivity index (χ0v) is 12.9. The number of amides is 1. The molecular formula is C15H22N2O2S. The Hall–Kier alpha value is -1.46. The van der Waals surface area contributed by atoms with Crippen molar-refractivity contribution < 1.29 is 9.53 Å². The van der Waals surface area contributed by atoms with E-state index in [0.29, 0.717) is 31.1 Å². The van der Waals surface area contributed by atoms with Gasteiger partial charge >= 0.3 is 0 Å². The summed E-state index contributed by atoms with van der Waals surface area (Å²) in [5, 5.41) is 0. The summed E-state index contributed by atoms with van der Waals surface area (Å²) in [5.41, 5.74) is 7.24. The number of nitrogens with zero attached hydrogens (tertiary/aromatic N) is 1. The van der Waals surface area contributed by atoms with Crippen molar-refractivity contribution in [3.8, 4) is 0 Å². The first-order valence-corrected chi connectivity index (χ1v) is 7.09. The number of benzene rings is 1. The molecule has 20 heavy (non-hydrogen) atoms. The SMILES string of the molecule is COCCCN(CCC(N)=S)C(=O)c1ccccc1C. The summed E-state index contributed by atoms with van der Waals surface area (Å²) in [6.45, 7) is 3.76. The average molecular weight is 294 g/mol. The van der Waals surface area contributed by atoms with Crippen LogP contribution in [-0.4, -0.2) is 42.6 Å². The van der Waals surface area contributed by atoms with E-state index < -0.39 is 0 Å². The second kappa shape index (κ2) is 8.66. The molecule has 4 nitrogen and oxygen atoms in total. The van der Waals surface area contributed by atoms with E-state index in [-0.39, 0.29) is 5.91 Å². The largest absolute Gasteiger partial charge is 0.393 e. The van der Waals surface area contributed by atoms with Crippen molar-refractivity contribution in [2.45, 2.75) is 19.8 Å². The molecule has 0 aliphatic carbocycles. The van der Waals surface area contributed by atoms with Gasteiger partial charge in [0, 0.05) is 38.8 Å². The van der Waals surface area contributed by atoms with Gasteiger partial charge in [0.25, 0.3) is 5.91 Å². The minimum absolute atomic E-state index is 0.0236. The monoisotopic (exact) mass is 294 g/mol. The lowest BCUT2D eigenvalue weighted by Crippen LogP contribution is -2.35. The lowest BCUT2D eigenvalue weighted by Gasteiger charge is -2.23. The first-order valence-electron chi connectivity index (χ1n) is 6.68. The summed E-state index contributed by atoms with van der Waals surface area (Å²) < 4.78 is 5.04. The zero-order valence-electron chi connectivity index (χ0n) is 12.1. The van der Waals surface area contributed by atoms with Crippen LogP contribution in [0.4, 0.5) is 0 Å². The Morgan fingerprint density at radius 1 is 1.35 bits per heavy atom. The van der Waals surface area contributed by atoms with E-state index in [9.17, 15) is 4.79 Å². The predicted molar refractivity (Wildman–Crippen MR) is 85.0 cm³/mol. The van der Waals surface area contributed by atoms with Gasteiger partial charge in [0.1, 0.15) is 0 Å². The van der Waals surface area contributed by atoms with E-state index >= 15 is 0 Å². The Morgan fingerprint density at radius 3 is 2.65 bits per heavy atom. The molecule has 0 saturated heterocycles. The molecule has 0 heterocycles. The second-order valence-electron chi connectivity index (χ2n) is 4.67. The van der Waals surface area contributed by atoms with Crippen LogP contribution in [0.2, 0.25) is 0 Å². The van der Waals surface area contributed by atoms with Gasteiger partial charge in [0.15, 0.2) is 0 Å². The summed E-state index contributed by atoms with van der Waals surface area (Å²) >= 11 is 4.89. The van der Waals surface area contributed by atoms with E-state index in [4.69, 9.17) is 22.7 Å². The fourth-order valence-electron chi connectivity index (χ4n) is 1.94. The van der Waals surface area contributed by atoms with Gasteiger partial charge in [-0.25, -0.2) is 0 Å². The predicted octanol–water partition coefficient (Wildman–Crippen LogP) is 2.15. The van der Waals surface area contributed by atoms with Gasteiger partial charge in [-0.2, -0.15) is 0 Å². The third kappa shape index (κ3) is 5.27. The Labute approximate surface area is 125 Å². The molecule has 1 rings (SSSR count). The molecule has 1 aromatic carbocycles. The van der Waals surface area contributed by atoms with E-state index in [0.717, 1.165) is 17.5 Å². The molecule has 110 valence electrons. The number of ether oxygens (including phenoxy) is 1. The lowest BCUT2D eigenvalue weighted by molar-refractivity contribution is 0.0741. The molecule has 0 radical (unpaired) electrons. The molecule has 0 fully saturated rings. The first-order chi connectivity index (χ1) is 9.56. The van der Waals surface area contributed by atoms with Gasteiger partial charge < -0.3 is 15.4 Å². The molecule has 0 aromatic heterocycles. The first kappa shape index (κ1) is 16.6. The minimum Gasteiger partial charge on any atom is -0.393 e. The molecular weight excluding hydrogens is 272 g/mol. The number of hydrogen-bond acceptors (Lipinski definition) is 3. The number of methoxy groups -OCH3 is 1. The molecule has 2 N–H and O–H groups in total. The van der Waals surface area contributed by atoms with Crippen molar-refractivity contribution in [1.82, 2.24) is 4.90 Å². The van der Waals surface area contributed by atoms with Gasteiger partial charge in [-0.3, -0.25) is 4.79 Å². The fourth-order valence-corrected chi connectivity index (χ4v) is 2.03. The topological polar surface area (TPSA) is 55.6 Å². The molecule has 0 spiro atoms. The maximum atomic E-state index is 12.6. The Bertz CT molecular complexity index is 463. The third-order valence-electron chi connectivity index (χ3n) is 3.07. The summed E-state index contributed by atoms with van der Waals surface area (Å²) in [4.78, 5) is 14.8. The highest BCUT2D eigenvalue weighted by Crippen LogP contribution is 2.11. The maximum absolute atomic E-state index is 12.6. The maximum Gasteiger partial charge on any atom is 0.254 e. The second-order valence-corrected chi connectivity index (χ2v) is 5.19. The van der Waals surface area contributed by atoms with Crippen molar-refractivity contribution >= 4 is 23.1 Å². The molecule has 0 unspecified atom stereocenters. The number of hydrogen-bond donors (Lipinski definition) is 1. The molecule has 5 heteroatoms. The smallest absolute Gasteiger partial charge is 0.254 e. The summed E-state index contributed by atoms with van der Waals surface area (Å²) in [7, 11) is 1.66. The normalized spacial score (nSPS) is 10.3. The van der Waals surface area contributed by atoms with Crippen LogP contribution >= 0.6 is 12.2 Å². The zero-order chi connectivity index (χ0) is 15.0. The van der Waals surface area contributed by atoms with E-state index in [1.165, 1.54) is 0 Å². The minimum atomic E-state index is 0.0236. The van der Waals surface area contributed by atoms with Gasteiger partial charge in [0.2, 0.25) is 0 Å². The summed E-state index contributed by atoms with van der Waals surface area (Å²) in [6.07, 6.45) is 1.34. The van der Waals surface area contributed by atoms with Crippen LogP contribution in [0, 0.1) is 6.92 Å². The van der Waals surface area contributed by atoms with Crippen LogP contribution in [0.5, 0.6) is 0 Å². The number of carbonyl (C=O) groups is 1. The van der Waals surface area contributed by atoms with E-state index in [2.05, 4.69) is 0 Å². The van der Waals surface area contributed by atoms with Crippen LogP contribution in [0.3, 0.4) is 0 Å². The van der Waals surface area contributed by atoms with Crippen molar-refractivity contribution in [1.29, 1.82) is 0 Å². The van der Waals surface area contributed by atoms with Crippen LogP contribution in [0.25, 0.3) is 0 Å². The molecule has 1 amide bonds. The van der Waals surface area contributed by atoms with E-state index in [1.807, 2.05) is 31.2 Å². The molecule has 0 aliphatic rings. The fraction of sp³-hybridized carbons (Fsp3) is 0.467. The molecule has 0 bridgehead atoms. The van der Waals surface area contributed by atoms with Gasteiger partial charge in [0.05, 0.1) is 4.99 Å². The summed E-state index contributed by atoms with van der Waals surface area (Å²) in [5.74, 6) is 0.0236. The van der Waals surface area contributed by atoms with Crippen LogP contribution in [-0.2, 0) is 4.74 Å². The quantitative estimate of drug-likeness (QED) is 0.589. The average Bonchev–Trinajstić information content (AvgIpc) is 2.42. The Balaban J connectivity index is 2.77. The number of thiocarbonyl (C=S) groups is 1. The van der Waals surface area contributed by atoms with Crippen molar-refractivity contribution in [2.24, 2.45) is 5.73 Å². The number of aryl methyl sites for hydroxylation is 1. The molecule has 1 aromatic rings. The van der Waals surface area contributed by atoms with Crippen LogP contribution in [0.15, 0.2) is 24.3 Å². The Kier molecular flexibility index (Phi) is 7.18. The standard InChI is InChI=1S/C15H22N2O2S/c1-12-6-3-4-7-13(12)15(18)17(9-5-11-19-2)10-8-14(16)20/h3-4,6-7H,5,8-11H2,1-2H3,(H2,16,20). The highest BCUT2D eigenvalue weighted by Gasteiger charge is 2.17. The van der Waals surface area contributed by atoms with E-state index in [1.54, 1.807) is 12.0 Å². The summed E-state index contributed by atoms with van der Waals surface area (Å²) in [6, 6.07) is 7.59. The molecule has 0 aliphatic heterocycles. The van der Waals surface area contributed by atoms with Crippen molar-refractivity contribution in [3.05, 3.63) is 35.4 Å².